The van der Waals surface area contributed by atoms with E-state index < -0.39 is 0 Å². The van der Waals surface area contributed by atoms with E-state index in [9.17, 15) is 4.79 Å². The highest BCUT2D eigenvalue weighted by Gasteiger charge is 2.65. The molecule has 2 fully saturated rings. The largest absolute Gasteiger partial charge is 0.381 e. The summed E-state index contributed by atoms with van der Waals surface area (Å²) in [6.07, 6.45) is 1.79. The fourth-order valence-corrected chi connectivity index (χ4v) is 3.08. The number of rotatable bonds is 3. The average molecular weight is 254 g/mol. The molecule has 1 unspecified atom stereocenters. The Bertz CT molecular complexity index is 319. The van der Waals surface area contributed by atoms with Gasteiger partial charge in [-0.25, -0.2) is 0 Å². The van der Waals surface area contributed by atoms with Crippen LogP contribution >= 0.6 is 0 Å². The Morgan fingerprint density at radius 1 is 1.22 bits per heavy atom. The third-order valence-electron chi connectivity index (χ3n) is 5.38. The van der Waals surface area contributed by atoms with Crippen molar-refractivity contribution in [3.05, 3.63) is 0 Å². The summed E-state index contributed by atoms with van der Waals surface area (Å²) in [6.45, 7) is 10.2. The van der Waals surface area contributed by atoms with Gasteiger partial charge in [-0.2, -0.15) is 0 Å². The third-order valence-corrected chi connectivity index (χ3v) is 5.38. The minimum atomic E-state index is -0.388. The van der Waals surface area contributed by atoms with Crippen LogP contribution in [0.25, 0.3) is 0 Å². The second-order valence-electron chi connectivity index (χ2n) is 6.86. The van der Waals surface area contributed by atoms with E-state index in [-0.39, 0.29) is 34.7 Å². The van der Waals surface area contributed by atoms with Gasteiger partial charge in [-0.15, -0.1) is 0 Å². The van der Waals surface area contributed by atoms with E-state index in [4.69, 9.17) is 10.5 Å². The normalized spacial score (nSPS) is 28.7. The standard InChI is InChI=1S/C14H26N2O2/c1-13(2)12(14(13,3)4)16-11(17)10(15)9-5-7-18-8-6-9/h9-10,12H,5-8,15H2,1-4H3,(H,16,17). The van der Waals surface area contributed by atoms with Gasteiger partial charge in [0.15, 0.2) is 0 Å². The fraction of sp³-hybridized carbons (Fsp3) is 0.929. The second-order valence-corrected chi connectivity index (χ2v) is 6.86. The zero-order valence-electron chi connectivity index (χ0n) is 12.0. The number of carbonyl (C=O) groups excluding carboxylic acids is 1. The summed E-state index contributed by atoms with van der Waals surface area (Å²) in [5.74, 6) is 0.272. The number of nitrogens with one attached hydrogen (secondary N) is 1. The molecule has 2 aliphatic rings. The Morgan fingerprint density at radius 3 is 2.17 bits per heavy atom. The molecule has 4 heteroatoms. The predicted octanol–water partition coefficient (Wildman–Crippen LogP) is 1.29. The highest BCUT2D eigenvalue weighted by atomic mass is 16.5. The molecule has 1 aliphatic carbocycles. The summed E-state index contributed by atoms with van der Waals surface area (Å²) >= 11 is 0. The summed E-state index contributed by atoms with van der Waals surface area (Å²) in [4.78, 5) is 12.2. The van der Waals surface area contributed by atoms with Gasteiger partial charge in [-0.3, -0.25) is 4.79 Å². The first-order valence-electron chi connectivity index (χ1n) is 6.92. The van der Waals surface area contributed by atoms with Crippen LogP contribution in [0.3, 0.4) is 0 Å². The Morgan fingerprint density at radius 2 is 1.72 bits per heavy atom. The second kappa shape index (κ2) is 4.49. The maximum atomic E-state index is 12.2. The van der Waals surface area contributed by atoms with E-state index in [1.54, 1.807) is 0 Å². The zero-order chi connectivity index (χ0) is 13.6. The first-order valence-corrected chi connectivity index (χ1v) is 6.92. The first kappa shape index (κ1) is 13.8. The molecule has 2 rings (SSSR count). The van der Waals surface area contributed by atoms with E-state index in [2.05, 4.69) is 33.0 Å². The van der Waals surface area contributed by atoms with Crippen molar-refractivity contribution in [2.45, 2.75) is 52.6 Å². The van der Waals surface area contributed by atoms with Crippen molar-refractivity contribution in [1.82, 2.24) is 5.32 Å². The quantitative estimate of drug-likeness (QED) is 0.797. The molecule has 3 N–H and O–H groups in total. The van der Waals surface area contributed by atoms with Gasteiger partial charge in [0.05, 0.1) is 6.04 Å². The minimum absolute atomic E-state index is 0.00514. The van der Waals surface area contributed by atoms with Crippen LogP contribution in [0.4, 0.5) is 0 Å². The maximum absolute atomic E-state index is 12.2. The van der Waals surface area contributed by atoms with Gasteiger partial charge in [0.25, 0.3) is 0 Å². The van der Waals surface area contributed by atoms with Crippen molar-refractivity contribution in [3.8, 4) is 0 Å². The zero-order valence-corrected chi connectivity index (χ0v) is 12.0. The highest BCUT2D eigenvalue weighted by Crippen LogP contribution is 2.62. The van der Waals surface area contributed by atoms with Crippen LogP contribution in [0.2, 0.25) is 0 Å². The summed E-state index contributed by atoms with van der Waals surface area (Å²) in [7, 11) is 0. The Kier molecular flexibility index (Phi) is 3.45. The Balaban J connectivity index is 1.89. The summed E-state index contributed by atoms with van der Waals surface area (Å²) in [5, 5.41) is 3.13. The average Bonchev–Trinajstić information content (AvgIpc) is 2.72. The summed E-state index contributed by atoms with van der Waals surface area (Å²) in [5.41, 5.74) is 6.41. The number of hydrogen-bond acceptors (Lipinski definition) is 3. The van der Waals surface area contributed by atoms with E-state index in [1.807, 2.05) is 0 Å². The summed E-state index contributed by atoms with van der Waals surface area (Å²) < 4.78 is 5.30. The van der Waals surface area contributed by atoms with Gasteiger partial charge in [-0.05, 0) is 29.6 Å². The highest BCUT2D eigenvalue weighted by molar-refractivity contribution is 5.82. The topological polar surface area (TPSA) is 64.4 Å². The lowest BCUT2D eigenvalue weighted by atomic mass is 9.92. The van der Waals surface area contributed by atoms with Crippen LogP contribution in [-0.4, -0.2) is 31.2 Å². The van der Waals surface area contributed by atoms with Crippen LogP contribution in [0.15, 0.2) is 0 Å². The molecule has 0 aromatic heterocycles. The lowest BCUT2D eigenvalue weighted by molar-refractivity contribution is -0.124. The van der Waals surface area contributed by atoms with E-state index in [1.165, 1.54) is 0 Å². The van der Waals surface area contributed by atoms with Crippen molar-refractivity contribution in [2.24, 2.45) is 22.5 Å². The lowest BCUT2D eigenvalue weighted by Crippen LogP contribution is -2.48. The molecule has 1 saturated carbocycles. The number of amides is 1. The van der Waals surface area contributed by atoms with Gasteiger partial charge in [-0.1, -0.05) is 27.7 Å². The molecule has 1 atom stereocenters. The third kappa shape index (κ3) is 2.16. The molecular formula is C14H26N2O2. The number of hydrogen-bond donors (Lipinski definition) is 2. The molecule has 18 heavy (non-hydrogen) atoms. The van der Waals surface area contributed by atoms with Crippen LogP contribution in [0.5, 0.6) is 0 Å². The Labute approximate surface area is 110 Å². The SMILES string of the molecule is CC1(C)C(NC(=O)C(N)C2CCOCC2)C1(C)C. The van der Waals surface area contributed by atoms with E-state index in [0.29, 0.717) is 0 Å². The van der Waals surface area contributed by atoms with Crippen LogP contribution in [0.1, 0.15) is 40.5 Å². The molecule has 1 amide bonds. The first-order chi connectivity index (χ1) is 8.28. The minimum Gasteiger partial charge on any atom is -0.381 e. The Hall–Kier alpha value is -0.610. The molecule has 0 aromatic carbocycles. The van der Waals surface area contributed by atoms with Crippen LogP contribution < -0.4 is 11.1 Å². The van der Waals surface area contributed by atoms with E-state index >= 15 is 0 Å². The summed E-state index contributed by atoms with van der Waals surface area (Å²) in [6, 6.07) is -0.149. The molecule has 0 bridgehead atoms. The molecule has 4 nitrogen and oxygen atoms in total. The van der Waals surface area contributed by atoms with Gasteiger partial charge in [0.1, 0.15) is 0 Å². The molecule has 0 radical (unpaired) electrons. The molecule has 1 saturated heterocycles. The molecule has 0 aromatic rings. The lowest BCUT2D eigenvalue weighted by Gasteiger charge is -2.27. The number of carbonyl (C=O) groups is 1. The number of nitrogens with two attached hydrogens (primary N) is 1. The van der Waals surface area contributed by atoms with Crippen molar-refractivity contribution in [1.29, 1.82) is 0 Å². The van der Waals surface area contributed by atoms with Crippen LogP contribution in [0, 0.1) is 16.7 Å². The molecule has 104 valence electrons. The predicted molar refractivity (Wildman–Crippen MR) is 71.0 cm³/mol. The van der Waals surface area contributed by atoms with Crippen molar-refractivity contribution in [3.63, 3.8) is 0 Å². The van der Waals surface area contributed by atoms with Gasteiger partial charge >= 0.3 is 0 Å². The molecular weight excluding hydrogens is 228 g/mol. The number of ether oxygens (including phenoxy) is 1. The van der Waals surface area contributed by atoms with Gasteiger partial charge in [0, 0.05) is 19.3 Å². The van der Waals surface area contributed by atoms with E-state index in [0.717, 1.165) is 26.1 Å². The van der Waals surface area contributed by atoms with Crippen molar-refractivity contribution >= 4 is 5.91 Å². The fourth-order valence-electron chi connectivity index (χ4n) is 3.08. The molecule has 1 aliphatic heterocycles. The molecule has 1 heterocycles. The monoisotopic (exact) mass is 254 g/mol. The van der Waals surface area contributed by atoms with Crippen LogP contribution in [-0.2, 0) is 9.53 Å². The maximum Gasteiger partial charge on any atom is 0.237 e. The van der Waals surface area contributed by atoms with Gasteiger partial charge in [0.2, 0.25) is 5.91 Å². The van der Waals surface area contributed by atoms with Gasteiger partial charge < -0.3 is 15.8 Å². The molecule has 0 spiro atoms. The van der Waals surface area contributed by atoms with Crippen molar-refractivity contribution < 1.29 is 9.53 Å². The van der Waals surface area contributed by atoms with Crippen molar-refractivity contribution in [2.75, 3.05) is 13.2 Å². The smallest absolute Gasteiger partial charge is 0.237 e.